The van der Waals surface area contributed by atoms with Gasteiger partial charge in [0.25, 0.3) is 5.91 Å². The third kappa shape index (κ3) is 5.36. The second-order valence-corrected chi connectivity index (χ2v) is 6.27. The van der Waals surface area contributed by atoms with Crippen LogP contribution in [0.2, 0.25) is 0 Å². The lowest BCUT2D eigenvalue weighted by Crippen LogP contribution is -2.20. The van der Waals surface area contributed by atoms with E-state index in [2.05, 4.69) is 15.5 Å². The normalized spacial score (nSPS) is 10.5. The lowest BCUT2D eigenvalue weighted by atomic mass is 10.2. The topological polar surface area (TPSA) is 117 Å². The Morgan fingerprint density at radius 3 is 2.39 bits per heavy atom. The van der Waals surface area contributed by atoms with E-state index in [0.717, 1.165) is 0 Å². The van der Waals surface area contributed by atoms with Crippen LogP contribution in [0, 0.1) is 0 Å². The number of amides is 1. The fourth-order valence-electron chi connectivity index (χ4n) is 2.57. The van der Waals surface area contributed by atoms with Crippen LogP contribution in [0.4, 0.5) is 6.01 Å². The average Bonchev–Trinajstić information content (AvgIpc) is 3.47. The highest BCUT2D eigenvalue weighted by molar-refractivity contribution is 5.93. The summed E-state index contributed by atoms with van der Waals surface area (Å²) in [6.07, 6.45) is 0. The number of carbonyl (C=O) groups excluding carboxylic acids is 2. The molecule has 0 aliphatic rings. The van der Waals surface area contributed by atoms with Gasteiger partial charge in [-0.15, -0.1) is 5.10 Å². The third-order valence-electron chi connectivity index (χ3n) is 4.01. The molecule has 0 atom stereocenters. The molecule has 1 N–H and O–H groups in total. The second-order valence-electron chi connectivity index (χ2n) is 6.27. The van der Waals surface area contributed by atoms with Crippen LogP contribution in [0.5, 0.6) is 5.75 Å². The fourth-order valence-corrected chi connectivity index (χ4v) is 2.57. The van der Waals surface area contributed by atoms with E-state index in [-0.39, 0.29) is 24.3 Å². The number of hydrogen-bond acceptors (Lipinski definition) is 8. The molecule has 0 spiro atoms. The molecule has 2 heterocycles. The minimum absolute atomic E-state index is 0.0383. The van der Waals surface area contributed by atoms with Crippen LogP contribution in [0.25, 0.3) is 11.5 Å². The van der Waals surface area contributed by atoms with Crippen LogP contribution in [0.1, 0.15) is 16.3 Å². The molecule has 31 heavy (non-hydrogen) atoms. The highest BCUT2D eigenvalue weighted by Gasteiger charge is 2.17. The quantitative estimate of drug-likeness (QED) is 0.430. The number of furan rings is 1. The first-order valence-electron chi connectivity index (χ1n) is 9.30. The fraction of sp³-hybridized carbons (Fsp3) is 0.0909. The van der Waals surface area contributed by atoms with Crippen molar-refractivity contribution in [2.45, 2.75) is 6.61 Å². The SMILES string of the molecule is O=C(COC(=O)c1ccc(COc2ccccc2)o1)Nc1nnc(-c2ccccc2)o1. The maximum absolute atomic E-state index is 12.1. The zero-order valence-electron chi connectivity index (χ0n) is 16.2. The van der Waals surface area contributed by atoms with Crippen molar-refractivity contribution >= 4 is 17.9 Å². The smallest absolute Gasteiger partial charge is 0.374 e. The van der Waals surface area contributed by atoms with Crippen molar-refractivity contribution in [3.63, 3.8) is 0 Å². The monoisotopic (exact) mass is 419 g/mol. The molecular weight excluding hydrogens is 402 g/mol. The Morgan fingerprint density at radius 1 is 0.871 bits per heavy atom. The van der Waals surface area contributed by atoms with E-state index in [4.69, 9.17) is 18.3 Å². The van der Waals surface area contributed by atoms with Crippen molar-refractivity contribution in [3.05, 3.63) is 84.3 Å². The highest BCUT2D eigenvalue weighted by Crippen LogP contribution is 2.19. The molecular formula is C22H17N3O6. The van der Waals surface area contributed by atoms with Gasteiger partial charge in [0.15, 0.2) is 6.61 Å². The first-order valence-corrected chi connectivity index (χ1v) is 9.30. The first kappa shape index (κ1) is 19.9. The van der Waals surface area contributed by atoms with Crippen LogP contribution in [0.3, 0.4) is 0 Å². The van der Waals surface area contributed by atoms with Crippen molar-refractivity contribution in [3.8, 4) is 17.2 Å². The Kier molecular flexibility index (Phi) is 6.03. The van der Waals surface area contributed by atoms with E-state index in [1.54, 1.807) is 18.2 Å². The summed E-state index contributed by atoms with van der Waals surface area (Å²) in [4.78, 5) is 24.1. The highest BCUT2D eigenvalue weighted by atomic mass is 16.6. The molecule has 9 heteroatoms. The maximum atomic E-state index is 12.1. The Hall–Kier alpha value is -4.40. The molecule has 4 aromatic rings. The largest absolute Gasteiger partial charge is 0.486 e. The number of esters is 1. The summed E-state index contributed by atoms with van der Waals surface area (Å²) in [5, 5.41) is 9.98. The second kappa shape index (κ2) is 9.40. The van der Waals surface area contributed by atoms with Gasteiger partial charge in [-0.05, 0) is 36.4 Å². The number of ether oxygens (including phenoxy) is 2. The molecule has 0 unspecified atom stereocenters. The van der Waals surface area contributed by atoms with Gasteiger partial charge >= 0.3 is 12.0 Å². The summed E-state index contributed by atoms with van der Waals surface area (Å²) >= 11 is 0. The van der Waals surface area contributed by atoms with E-state index in [9.17, 15) is 9.59 Å². The maximum Gasteiger partial charge on any atom is 0.374 e. The van der Waals surface area contributed by atoms with Crippen LogP contribution < -0.4 is 10.1 Å². The summed E-state index contributed by atoms with van der Waals surface area (Å²) in [7, 11) is 0. The molecule has 1 amide bonds. The standard InChI is InChI=1S/C22H17N3O6/c26-19(23-22-25-24-20(31-22)15-7-3-1-4-8-15)14-29-21(27)18-12-11-17(30-18)13-28-16-9-5-2-6-10-16/h1-12H,13-14H2,(H,23,25,26). The molecule has 0 aliphatic heterocycles. The van der Waals surface area contributed by atoms with Crippen molar-refractivity contribution in [1.82, 2.24) is 10.2 Å². The Labute approximate surface area is 176 Å². The van der Waals surface area contributed by atoms with Gasteiger partial charge in [0, 0.05) is 5.56 Å². The van der Waals surface area contributed by atoms with Crippen molar-refractivity contribution < 1.29 is 27.9 Å². The summed E-state index contributed by atoms with van der Waals surface area (Å²) in [6, 6.07) is 21.2. The van der Waals surface area contributed by atoms with Gasteiger partial charge in [0.2, 0.25) is 11.7 Å². The van der Waals surface area contributed by atoms with Gasteiger partial charge in [0.1, 0.15) is 18.1 Å². The summed E-state index contributed by atoms with van der Waals surface area (Å²) in [6.45, 7) is -0.392. The first-order chi connectivity index (χ1) is 15.2. The molecule has 156 valence electrons. The Balaban J connectivity index is 1.25. The number of benzene rings is 2. The molecule has 2 aromatic heterocycles. The molecule has 9 nitrogen and oxygen atoms in total. The molecule has 2 aromatic carbocycles. The number of nitrogens with zero attached hydrogens (tertiary/aromatic N) is 2. The number of aromatic nitrogens is 2. The van der Waals surface area contributed by atoms with Gasteiger partial charge in [0.05, 0.1) is 0 Å². The van der Waals surface area contributed by atoms with Crippen LogP contribution in [-0.4, -0.2) is 28.7 Å². The average molecular weight is 419 g/mol. The van der Waals surface area contributed by atoms with E-state index >= 15 is 0 Å². The molecule has 4 rings (SSSR count). The number of nitrogens with one attached hydrogen (secondary N) is 1. The molecule has 0 bridgehead atoms. The van der Waals surface area contributed by atoms with E-state index in [0.29, 0.717) is 17.1 Å². The van der Waals surface area contributed by atoms with Crippen LogP contribution in [0.15, 0.2) is 81.6 Å². The zero-order chi connectivity index (χ0) is 21.5. The molecule has 0 saturated heterocycles. The van der Waals surface area contributed by atoms with E-state index in [1.807, 2.05) is 48.5 Å². The van der Waals surface area contributed by atoms with Crippen molar-refractivity contribution in [1.29, 1.82) is 0 Å². The third-order valence-corrected chi connectivity index (χ3v) is 4.01. The van der Waals surface area contributed by atoms with Crippen LogP contribution >= 0.6 is 0 Å². The number of para-hydroxylation sites is 1. The van der Waals surface area contributed by atoms with E-state index in [1.165, 1.54) is 6.07 Å². The zero-order valence-corrected chi connectivity index (χ0v) is 16.2. The lowest BCUT2D eigenvalue weighted by Gasteiger charge is -2.04. The predicted octanol–water partition coefficient (Wildman–Crippen LogP) is 3.70. The number of anilines is 1. The lowest BCUT2D eigenvalue weighted by molar-refractivity contribution is -0.119. The number of rotatable bonds is 8. The van der Waals surface area contributed by atoms with Gasteiger partial charge in [-0.3, -0.25) is 10.1 Å². The Bertz CT molecular complexity index is 1150. The Morgan fingerprint density at radius 2 is 1.61 bits per heavy atom. The number of carbonyl (C=O) groups is 2. The predicted molar refractivity (Wildman–Crippen MR) is 108 cm³/mol. The molecule has 0 saturated carbocycles. The van der Waals surface area contributed by atoms with Gasteiger partial charge in [-0.2, -0.15) is 0 Å². The van der Waals surface area contributed by atoms with Gasteiger partial charge in [-0.25, -0.2) is 4.79 Å². The van der Waals surface area contributed by atoms with Crippen molar-refractivity contribution in [2.24, 2.45) is 0 Å². The summed E-state index contributed by atoms with van der Waals surface area (Å²) < 4.78 is 21.3. The van der Waals surface area contributed by atoms with Crippen molar-refractivity contribution in [2.75, 3.05) is 11.9 Å². The minimum Gasteiger partial charge on any atom is -0.486 e. The van der Waals surface area contributed by atoms with Gasteiger partial charge in [-0.1, -0.05) is 41.5 Å². The summed E-state index contributed by atoms with van der Waals surface area (Å²) in [5.41, 5.74) is 0.715. The molecule has 0 aliphatic carbocycles. The minimum atomic E-state index is -0.781. The van der Waals surface area contributed by atoms with Crippen LogP contribution in [-0.2, 0) is 16.1 Å². The van der Waals surface area contributed by atoms with E-state index < -0.39 is 18.5 Å². The summed E-state index contributed by atoms with van der Waals surface area (Å²) in [5.74, 6) is -0.0690. The molecule has 0 radical (unpaired) electrons. The molecule has 0 fully saturated rings. The number of hydrogen-bond donors (Lipinski definition) is 1. The van der Waals surface area contributed by atoms with Gasteiger partial charge < -0.3 is 18.3 Å².